The third-order valence-electron chi connectivity index (χ3n) is 15.4. The summed E-state index contributed by atoms with van der Waals surface area (Å²) in [6.07, 6.45) is 68.6. The molecule has 2 amide bonds. The van der Waals surface area contributed by atoms with E-state index in [4.69, 9.17) is 14.2 Å². The maximum Gasteiger partial charge on any atom is 0.334 e. The lowest BCUT2D eigenvalue weighted by Gasteiger charge is -2.23. The van der Waals surface area contributed by atoms with Gasteiger partial charge in [-0.1, -0.05) is 194 Å². The van der Waals surface area contributed by atoms with Crippen molar-refractivity contribution in [2.45, 2.75) is 188 Å². The van der Waals surface area contributed by atoms with Crippen LogP contribution in [-0.4, -0.2) is 60.8 Å². The highest BCUT2D eigenvalue weighted by atomic mass is 32.1. The van der Waals surface area contributed by atoms with Crippen LogP contribution in [-0.2, 0) is 19.2 Å². The Bertz CT molecular complexity index is 3280. The highest BCUT2D eigenvalue weighted by Crippen LogP contribution is 2.42. The predicted molar refractivity (Wildman–Crippen MR) is 393 cm³/mol. The molecule has 3 atom stereocenters. The predicted octanol–water partition coefficient (Wildman–Crippen LogP) is 19.8. The van der Waals surface area contributed by atoms with Crippen molar-refractivity contribution >= 4 is 51.0 Å². The number of esters is 2. The van der Waals surface area contributed by atoms with E-state index in [0.29, 0.717) is 62.9 Å². The standard InChI is InChI=1S/C82H105N3O8S/c1-7-9-11-13-15-17-19-21-23-25-27-29-31-33-35-37-39-41-43-48-74(86)84-77(64(3)4)81(89)92-70-56-52-67(53-57-70)80-76(79(88)66-50-54-69(55-51-66)91-62-60-68-47-45-46-61-83-68)72-59-58-71(63-73(72)94-80)93-82(90)78(65(5)6)85-75(87)49-44-42-40-38-36-34-32-30-28-26-24-22-20-18-16-14-12-10-8-2/h9-12,15-18,21-24,27-30,33-36,39-42,50-59,63-65,68,77-78,83H,7-8,13-14,19-20,25-26,31-32,37-38,43-49,60-62H2,1-6H3,(H,84,86)(H,85,87)/b11-9-,12-10-,17-15-,18-16-,23-21-,24-22-,29-27-,30-28-,35-33-,36-34-,41-39-,42-40-/t68?,77-,78-/m0/s1. The van der Waals surface area contributed by atoms with Gasteiger partial charge in [-0.3, -0.25) is 14.4 Å². The number of hydrogen-bond donors (Lipinski definition) is 3. The molecule has 502 valence electrons. The maximum atomic E-state index is 14.8. The molecule has 11 nitrogen and oxygen atoms in total. The Labute approximate surface area is 566 Å². The molecule has 0 spiro atoms. The summed E-state index contributed by atoms with van der Waals surface area (Å²) in [5.74, 6) is -1.12. The van der Waals surface area contributed by atoms with Gasteiger partial charge in [0, 0.05) is 45.0 Å². The molecule has 3 N–H and O–H groups in total. The molecule has 12 heteroatoms. The highest BCUT2D eigenvalue weighted by Gasteiger charge is 2.29. The minimum Gasteiger partial charge on any atom is -0.494 e. The summed E-state index contributed by atoms with van der Waals surface area (Å²) in [7, 11) is 0. The minimum absolute atomic E-state index is 0.206. The van der Waals surface area contributed by atoms with Gasteiger partial charge < -0.3 is 30.2 Å². The van der Waals surface area contributed by atoms with Crippen LogP contribution in [0.5, 0.6) is 17.2 Å². The molecule has 1 saturated heterocycles. The molecule has 1 fully saturated rings. The van der Waals surface area contributed by atoms with Gasteiger partial charge in [0.1, 0.15) is 29.3 Å². The second-order valence-electron chi connectivity index (χ2n) is 24.0. The largest absolute Gasteiger partial charge is 0.494 e. The van der Waals surface area contributed by atoms with E-state index >= 15 is 0 Å². The quantitative estimate of drug-likeness (QED) is 0.0170. The number of ether oxygens (including phenoxy) is 3. The first-order valence-corrected chi connectivity index (χ1v) is 35.2. The highest BCUT2D eigenvalue weighted by molar-refractivity contribution is 7.22. The molecule has 1 aliphatic rings. The fourth-order valence-electron chi connectivity index (χ4n) is 10.1. The topological polar surface area (TPSA) is 149 Å². The van der Waals surface area contributed by atoms with Gasteiger partial charge in [-0.25, -0.2) is 9.59 Å². The van der Waals surface area contributed by atoms with Crippen LogP contribution in [0.4, 0.5) is 0 Å². The lowest BCUT2D eigenvalue weighted by atomic mass is 9.97. The van der Waals surface area contributed by atoms with Crippen molar-refractivity contribution in [2.24, 2.45) is 11.8 Å². The van der Waals surface area contributed by atoms with Crippen LogP contribution in [0.15, 0.2) is 213 Å². The summed E-state index contributed by atoms with van der Waals surface area (Å²) >= 11 is 1.37. The molecule has 0 aliphatic carbocycles. The van der Waals surface area contributed by atoms with Crippen LogP contribution in [0.3, 0.4) is 0 Å². The Hall–Kier alpha value is -8.19. The molecule has 1 aromatic heterocycles. The second-order valence-corrected chi connectivity index (χ2v) is 25.0. The summed E-state index contributed by atoms with van der Waals surface area (Å²) < 4.78 is 18.7. The average molecular weight is 1290 g/mol. The van der Waals surface area contributed by atoms with E-state index < -0.39 is 24.0 Å². The Morgan fingerprint density at radius 2 is 0.904 bits per heavy atom. The Balaban J connectivity index is 1.17. The van der Waals surface area contributed by atoms with Crippen molar-refractivity contribution in [3.05, 3.63) is 224 Å². The third-order valence-corrected chi connectivity index (χ3v) is 16.7. The van der Waals surface area contributed by atoms with Crippen LogP contribution < -0.4 is 30.2 Å². The van der Waals surface area contributed by atoms with E-state index in [9.17, 15) is 24.0 Å². The first-order valence-electron chi connectivity index (χ1n) is 34.4. The van der Waals surface area contributed by atoms with Crippen LogP contribution in [0.2, 0.25) is 0 Å². The van der Waals surface area contributed by atoms with Gasteiger partial charge in [0.05, 0.1) is 6.61 Å². The molecule has 2 heterocycles. The number of carbonyl (C=O) groups excluding carboxylic acids is 5. The smallest absolute Gasteiger partial charge is 0.334 e. The summed E-state index contributed by atoms with van der Waals surface area (Å²) in [6.45, 7) is 13.3. The number of allylic oxidation sites excluding steroid dienone is 24. The molecule has 1 aliphatic heterocycles. The number of carbonyl (C=O) groups is 5. The van der Waals surface area contributed by atoms with Crippen molar-refractivity contribution < 1.29 is 38.2 Å². The summed E-state index contributed by atoms with van der Waals surface area (Å²) in [5, 5.41) is 10.0. The number of rotatable bonds is 43. The Kier molecular flexibility index (Phi) is 38.1. The zero-order chi connectivity index (χ0) is 67.2. The molecule has 1 unspecified atom stereocenters. The van der Waals surface area contributed by atoms with Gasteiger partial charge >= 0.3 is 11.9 Å². The molecule has 0 radical (unpaired) electrons. The van der Waals surface area contributed by atoms with Crippen LogP contribution >= 0.6 is 11.3 Å². The number of fused-ring (bicyclic) bond motifs is 1. The zero-order valence-corrected chi connectivity index (χ0v) is 57.6. The molecular formula is C82H105N3O8S. The minimum atomic E-state index is -0.890. The summed E-state index contributed by atoms with van der Waals surface area (Å²) in [5.41, 5.74) is 1.64. The number of nitrogens with one attached hydrogen (secondary N) is 3. The van der Waals surface area contributed by atoms with Crippen molar-refractivity contribution in [3.8, 4) is 27.7 Å². The molecular weight excluding hydrogens is 1190 g/mol. The number of thiophene rings is 1. The van der Waals surface area contributed by atoms with Crippen LogP contribution in [0.1, 0.15) is 186 Å². The molecule has 0 bridgehead atoms. The van der Waals surface area contributed by atoms with Crippen molar-refractivity contribution in [1.29, 1.82) is 0 Å². The molecule has 94 heavy (non-hydrogen) atoms. The normalized spacial score (nSPS) is 15.0. The number of amides is 2. The first-order chi connectivity index (χ1) is 45.9. The van der Waals surface area contributed by atoms with Crippen molar-refractivity contribution in [3.63, 3.8) is 0 Å². The van der Waals surface area contributed by atoms with Crippen molar-refractivity contribution in [1.82, 2.24) is 16.0 Å². The van der Waals surface area contributed by atoms with Gasteiger partial charge in [0.2, 0.25) is 11.8 Å². The zero-order valence-electron chi connectivity index (χ0n) is 56.8. The lowest BCUT2D eigenvalue weighted by molar-refractivity contribution is -0.141. The molecule has 4 aromatic rings. The van der Waals surface area contributed by atoms with Gasteiger partial charge in [-0.2, -0.15) is 0 Å². The molecule has 5 rings (SSSR count). The number of ketones is 1. The Morgan fingerprint density at radius 1 is 0.500 bits per heavy atom. The van der Waals surface area contributed by atoms with E-state index in [1.807, 2.05) is 64.1 Å². The Morgan fingerprint density at radius 3 is 1.32 bits per heavy atom. The maximum absolute atomic E-state index is 14.8. The molecule has 3 aromatic carbocycles. The molecule has 0 saturated carbocycles. The van der Waals surface area contributed by atoms with E-state index in [1.165, 1.54) is 24.2 Å². The van der Waals surface area contributed by atoms with Gasteiger partial charge in [-0.05, 0) is 200 Å². The van der Waals surface area contributed by atoms with Gasteiger partial charge in [0.15, 0.2) is 5.78 Å². The number of benzene rings is 3. The number of hydrogen-bond acceptors (Lipinski definition) is 10. The fourth-order valence-corrected chi connectivity index (χ4v) is 11.4. The number of piperidine rings is 1. The van der Waals surface area contributed by atoms with E-state index in [1.54, 1.807) is 54.6 Å². The van der Waals surface area contributed by atoms with E-state index in [2.05, 4.69) is 151 Å². The van der Waals surface area contributed by atoms with Gasteiger partial charge in [-0.15, -0.1) is 11.3 Å². The van der Waals surface area contributed by atoms with E-state index in [0.717, 1.165) is 96.4 Å². The summed E-state index contributed by atoms with van der Waals surface area (Å²) in [4.78, 5) is 69.2. The van der Waals surface area contributed by atoms with Gasteiger partial charge in [0.25, 0.3) is 0 Å². The van der Waals surface area contributed by atoms with E-state index in [-0.39, 0.29) is 53.8 Å². The van der Waals surface area contributed by atoms with Crippen molar-refractivity contribution in [2.75, 3.05) is 13.2 Å². The first kappa shape index (κ1) is 76.5. The lowest BCUT2D eigenvalue weighted by Crippen LogP contribution is -2.46. The monoisotopic (exact) mass is 1290 g/mol. The van der Waals surface area contributed by atoms with Crippen LogP contribution in [0.25, 0.3) is 20.5 Å². The fraction of sp³-hybridized carbons (Fsp3) is 0.402. The second kappa shape index (κ2) is 46.8. The SMILES string of the molecule is CC/C=C\C/C=C\C/C=C\C/C=C\C/C=C\C/C=C\CCC(=O)N[C@H](C(=O)Oc1ccc(-c2sc3cc(OC(=O)[C@@H](NC(=O)CC/C=C\C/C=C\C/C=C\C/C=C\C/C=C\C/C=C\CC)C(C)C)ccc3c2C(=O)c2ccc(OCCC3CCCCN3)cc2)cc1)C(C)C. The summed E-state index contributed by atoms with van der Waals surface area (Å²) in [6, 6.07) is 18.1. The average Bonchev–Trinajstić information content (AvgIpc) is 1.61. The van der Waals surface area contributed by atoms with Crippen LogP contribution in [0, 0.1) is 11.8 Å². The third kappa shape index (κ3) is 30.7.